The summed E-state index contributed by atoms with van der Waals surface area (Å²) in [5.41, 5.74) is 0.749. The van der Waals surface area contributed by atoms with E-state index in [-0.39, 0.29) is 40.3 Å². The third kappa shape index (κ3) is 8.97. The fraction of sp³-hybridized carbons (Fsp3) is 0.345. The van der Waals surface area contributed by atoms with Crippen LogP contribution in [0.1, 0.15) is 41.5 Å². The Balaban J connectivity index is 1.73. The number of ether oxygens (including phenoxy) is 1. The normalized spacial score (nSPS) is 12.9. The molecular weight excluding hydrogens is 567 g/mol. The molecule has 0 aromatic heterocycles. The molecule has 1 unspecified atom stereocenters. The maximum atomic E-state index is 13.4. The number of carbonyl (C=O) groups is 1. The van der Waals surface area contributed by atoms with Crippen LogP contribution in [0.5, 0.6) is 5.75 Å². The van der Waals surface area contributed by atoms with Crippen LogP contribution in [0.25, 0.3) is 0 Å². The van der Waals surface area contributed by atoms with Crippen molar-refractivity contribution in [3.8, 4) is 5.75 Å². The van der Waals surface area contributed by atoms with Gasteiger partial charge in [-0.05, 0) is 47.2 Å². The van der Waals surface area contributed by atoms with Crippen molar-refractivity contribution in [3.63, 3.8) is 0 Å². The lowest BCUT2D eigenvalue weighted by atomic mass is 10.00. The third-order valence-corrected chi connectivity index (χ3v) is 7.97. The molecule has 0 spiro atoms. The van der Waals surface area contributed by atoms with Crippen molar-refractivity contribution in [2.45, 2.75) is 43.3 Å². The molecule has 1 atom stereocenters. The van der Waals surface area contributed by atoms with Gasteiger partial charge in [0, 0.05) is 25.9 Å². The molecule has 0 saturated heterocycles. The van der Waals surface area contributed by atoms with Crippen molar-refractivity contribution >= 4 is 27.4 Å². The molecule has 3 aromatic rings. The third-order valence-electron chi connectivity index (χ3n) is 6.35. The number of benzene rings is 3. The van der Waals surface area contributed by atoms with Crippen molar-refractivity contribution in [3.05, 3.63) is 94.0 Å². The Kier molecular flexibility index (Phi) is 10.6. The standard InChI is InChI=1S/C29H31ClF3NO5S/c1-20(21-8-4-3-5-9-21)18-34(19-23-10-6-11-25(28(23)30)29(31,32)33)14-7-15-39-24-13-12-22(16-27(35)36)26(17-24)40(2,37)38/h3-6,8-13,17,20H,7,14-16,18-19H2,1-2H3,(H,35,36). The summed E-state index contributed by atoms with van der Waals surface area (Å²) in [6.07, 6.45) is -3.51. The number of sulfone groups is 1. The first-order valence-corrected chi connectivity index (χ1v) is 14.8. The summed E-state index contributed by atoms with van der Waals surface area (Å²) in [4.78, 5) is 13.0. The van der Waals surface area contributed by atoms with Crippen molar-refractivity contribution < 1.29 is 36.2 Å². The van der Waals surface area contributed by atoms with Crippen LogP contribution in [0.2, 0.25) is 5.02 Å². The van der Waals surface area contributed by atoms with Gasteiger partial charge in [-0.15, -0.1) is 0 Å². The number of hydrogen-bond acceptors (Lipinski definition) is 5. The van der Waals surface area contributed by atoms with Gasteiger partial charge in [-0.3, -0.25) is 9.69 Å². The van der Waals surface area contributed by atoms with Crippen molar-refractivity contribution in [1.29, 1.82) is 0 Å². The molecule has 3 aromatic carbocycles. The summed E-state index contributed by atoms with van der Waals surface area (Å²) in [5.74, 6) is -0.783. The number of aliphatic carboxylic acids is 1. The molecule has 0 aliphatic heterocycles. The lowest BCUT2D eigenvalue weighted by Gasteiger charge is -2.27. The first-order valence-electron chi connectivity index (χ1n) is 12.5. The molecule has 216 valence electrons. The molecule has 0 aliphatic rings. The van der Waals surface area contributed by atoms with Crippen LogP contribution in [0.4, 0.5) is 13.2 Å². The van der Waals surface area contributed by atoms with Crippen LogP contribution in [-0.2, 0) is 33.8 Å². The molecule has 0 fully saturated rings. The predicted molar refractivity (Wildman–Crippen MR) is 148 cm³/mol. The summed E-state index contributed by atoms with van der Waals surface area (Å²) in [5, 5.41) is 8.75. The zero-order valence-corrected chi connectivity index (χ0v) is 23.7. The van der Waals surface area contributed by atoms with Crippen LogP contribution < -0.4 is 4.74 Å². The monoisotopic (exact) mass is 597 g/mol. The zero-order valence-electron chi connectivity index (χ0n) is 22.1. The van der Waals surface area contributed by atoms with Gasteiger partial charge in [0.15, 0.2) is 9.84 Å². The van der Waals surface area contributed by atoms with E-state index >= 15 is 0 Å². The van der Waals surface area contributed by atoms with Gasteiger partial charge in [-0.25, -0.2) is 8.42 Å². The van der Waals surface area contributed by atoms with Crippen LogP contribution in [0.15, 0.2) is 71.6 Å². The van der Waals surface area contributed by atoms with Crippen molar-refractivity contribution in [2.75, 3.05) is 26.0 Å². The smallest absolute Gasteiger partial charge is 0.417 e. The van der Waals surface area contributed by atoms with Gasteiger partial charge in [0.05, 0.1) is 28.5 Å². The fourth-order valence-corrected chi connectivity index (χ4v) is 5.67. The fourth-order valence-electron chi connectivity index (χ4n) is 4.43. The SMILES string of the molecule is CC(CN(CCCOc1ccc(CC(=O)O)c(S(C)(=O)=O)c1)Cc1cccc(C(F)(F)F)c1Cl)c1ccccc1. The molecule has 0 amide bonds. The second-order valence-electron chi connectivity index (χ2n) is 9.64. The van der Waals surface area contributed by atoms with Crippen LogP contribution >= 0.6 is 11.6 Å². The molecule has 3 rings (SSSR count). The maximum absolute atomic E-state index is 13.4. The van der Waals surface area contributed by atoms with E-state index in [0.29, 0.717) is 25.1 Å². The maximum Gasteiger partial charge on any atom is 0.417 e. The van der Waals surface area contributed by atoms with E-state index in [1.807, 2.05) is 42.2 Å². The lowest BCUT2D eigenvalue weighted by Crippen LogP contribution is -2.30. The highest BCUT2D eigenvalue weighted by atomic mass is 35.5. The molecule has 1 N–H and O–H groups in total. The Bertz CT molecular complexity index is 1410. The molecule has 11 heteroatoms. The average molecular weight is 598 g/mol. The quantitative estimate of drug-likeness (QED) is 0.228. The first-order chi connectivity index (χ1) is 18.8. The number of hydrogen-bond donors (Lipinski definition) is 1. The van der Waals surface area contributed by atoms with E-state index in [0.717, 1.165) is 17.9 Å². The molecule has 0 bridgehead atoms. The zero-order chi connectivity index (χ0) is 29.5. The van der Waals surface area contributed by atoms with E-state index in [9.17, 15) is 26.4 Å². The predicted octanol–water partition coefficient (Wildman–Crippen LogP) is 6.46. The minimum Gasteiger partial charge on any atom is -0.494 e. The summed E-state index contributed by atoms with van der Waals surface area (Å²) in [6, 6.07) is 17.9. The van der Waals surface area contributed by atoms with Crippen molar-refractivity contribution in [2.24, 2.45) is 0 Å². The van der Waals surface area contributed by atoms with Gasteiger partial charge in [0.25, 0.3) is 0 Å². The van der Waals surface area contributed by atoms with E-state index in [1.165, 1.54) is 24.3 Å². The van der Waals surface area contributed by atoms with Crippen LogP contribution in [0, 0.1) is 0 Å². The topological polar surface area (TPSA) is 83.9 Å². The van der Waals surface area contributed by atoms with Gasteiger partial charge in [-0.2, -0.15) is 13.2 Å². The largest absolute Gasteiger partial charge is 0.494 e. The van der Waals surface area contributed by atoms with Crippen LogP contribution in [-0.4, -0.2) is 50.3 Å². The van der Waals surface area contributed by atoms with Gasteiger partial charge < -0.3 is 9.84 Å². The number of alkyl halides is 3. The Morgan fingerprint density at radius 3 is 2.38 bits per heavy atom. The summed E-state index contributed by atoms with van der Waals surface area (Å²) < 4.78 is 70.4. The van der Waals surface area contributed by atoms with E-state index in [1.54, 1.807) is 6.07 Å². The lowest BCUT2D eigenvalue weighted by molar-refractivity contribution is -0.138. The Morgan fingerprint density at radius 2 is 1.75 bits per heavy atom. The number of nitrogens with zero attached hydrogens (tertiary/aromatic N) is 1. The van der Waals surface area contributed by atoms with Crippen LogP contribution in [0.3, 0.4) is 0 Å². The summed E-state index contributed by atoms with van der Waals surface area (Å²) >= 11 is 6.17. The molecule has 0 aliphatic carbocycles. The van der Waals surface area contributed by atoms with Gasteiger partial charge in [0.2, 0.25) is 0 Å². The molecule has 40 heavy (non-hydrogen) atoms. The Hall–Kier alpha value is -3.08. The van der Waals surface area contributed by atoms with Gasteiger partial charge >= 0.3 is 12.1 Å². The summed E-state index contributed by atoms with van der Waals surface area (Å²) in [7, 11) is -3.68. The van der Waals surface area contributed by atoms with Gasteiger partial charge in [0.1, 0.15) is 5.75 Å². The Labute approximate surface area is 237 Å². The number of carboxylic acids is 1. The summed E-state index contributed by atoms with van der Waals surface area (Å²) in [6.45, 7) is 3.46. The van der Waals surface area contributed by atoms with E-state index < -0.39 is 34.0 Å². The molecular formula is C29H31ClF3NO5S. The molecule has 0 radical (unpaired) electrons. The minimum absolute atomic E-state index is 0.0887. The number of carboxylic acid groups (broad SMARTS) is 1. The number of halogens is 4. The van der Waals surface area contributed by atoms with E-state index in [4.69, 9.17) is 21.4 Å². The Morgan fingerprint density at radius 1 is 1.05 bits per heavy atom. The average Bonchev–Trinajstić information content (AvgIpc) is 2.87. The second kappa shape index (κ2) is 13.5. The molecule has 0 heterocycles. The molecule has 0 saturated carbocycles. The highest BCUT2D eigenvalue weighted by Crippen LogP contribution is 2.36. The van der Waals surface area contributed by atoms with E-state index in [2.05, 4.69) is 0 Å². The highest BCUT2D eigenvalue weighted by molar-refractivity contribution is 7.90. The van der Waals surface area contributed by atoms with Gasteiger partial charge in [-0.1, -0.05) is 67.1 Å². The van der Waals surface area contributed by atoms with Crippen molar-refractivity contribution in [1.82, 2.24) is 4.90 Å². The minimum atomic E-state index is -4.56. The molecule has 6 nitrogen and oxygen atoms in total. The first kappa shape index (κ1) is 31.4. The highest BCUT2D eigenvalue weighted by Gasteiger charge is 2.34. The second-order valence-corrected chi connectivity index (χ2v) is 12.0. The number of rotatable bonds is 13.